The molecule has 1 aromatic rings. The third-order valence-electron chi connectivity index (χ3n) is 3.75. The van der Waals surface area contributed by atoms with Gasteiger partial charge < -0.3 is 10.5 Å². The van der Waals surface area contributed by atoms with Crippen molar-refractivity contribution in [2.75, 3.05) is 26.8 Å². The molecule has 1 fully saturated rings. The Kier molecular flexibility index (Phi) is 5.75. The van der Waals surface area contributed by atoms with E-state index in [0.29, 0.717) is 25.6 Å². The highest BCUT2D eigenvalue weighted by atomic mass is 32.2. The van der Waals surface area contributed by atoms with Crippen molar-refractivity contribution in [1.82, 2.24) is 4.31 Å². The first-order chi connectivity index (χ1) is 10.0. The molecule has 1 saturated carbocycles. The first kappa shape index (κ1) is 16.4. The van der Waals surface area contributed by atoms with Crippen molar-refractivity contribution >= 4 is 10.0 Å². The van der Waals surface area contributed by atoms with Crippen LogP contribution < -0.4 is 5.73 Å². The fourth-order valence-electron chi connectivity index (χ4n) is 2.07. The van der Waals surface area contributed by atoms with E-state index in [1.807, 2.05) is 24.3 Å². The summed E-state index contributed by atoms with van der Waals surface area (Å²) in [4.78, 5) is 0. The summed E-state index contributed by atoms with van der Waals surface area (Å²) < 4.78 is 31.5. The quantitative estimate of drug-likeness (QED) is 0.698. The Hall–Kier alpha value is -0.950. The van der Waals surface area contributed by atoms with Gasteiger partial charge in [0.25, 0.3) is 0 Å². The summed E-state index contributed by atoms with van der Waals surface area (Å²) in [6, 6.07) is 7.39. The zero-order valence-electron chi connectivity index (χ0n) is 12.5. The van der Waals surface area contributed by atoms with E-state index < -0.39 is 10.0 Å². The van der Waals surface area contributed by atoms with Gasteiger partial charge in [-0.2, -0.15) is 0 Å². The number of hydrogen-bond acceptors (Lipinski definition) is 4. The van der Waals surface area contributed by atoms with E-state index >= 15 is 0 Å². The van der Waals surface area contributed by atoms with Crippen LogP contribution in [0, 0.1) is 5.92 Å². The maximum absolute atomic E-state index is 12.3. The minimum Gasteiger partial charge on any atom is -0.380 e. The summed E-state index contributed by atoms with van der Waals surface area (Å²) in [6.07, 6.45) is 2.48. The molecule has 1 aliphatic carbocycles. The summed E-state index contributed by atoms with van der Waals surface area (Å²) in [5.74, 6) is 0.683. The van der Waals surface area contributed by atoms with Crippen LogP contribution in [0.4, 0.5) is 0 Å². The molecule has 0 unspecified atom stereocenters. The second kappa shape index (κ2) is 7.35. The van der Waals surface area contributed by atoms with Gasteiger partial charge in [0, 0.05) is 26.7 Å². The van der Waals surface area contributed by atoms with E-state index in [-0.39, 0.29) is 5.75 Å². The molecule has 118 valence electrons. The number of sulfonamides is 1. The Balaban J connectivity index is 1.86. The number of nitrogens with two attached hydrogens (primary N) is 1. The third kappa shape index (κ3) is 5.07. The molecule has 0 aromatic heterocycles. The van der Waals surface area contributed by atoms with Gasteiger partial charge in [-0.05, 0) is 29.9 Å². The van der Waals surface area contributed by atoms with Gasteiger partial charge in [-0.25, -0.2) is 12.7 Å². The van der Waals surface area contributed by atoms with Crippen LogP contribution in [0.3, 0.4) is 0 Å². The van der Waals surface area contributed by atoms with Gasteiger partial charge in [0.1, 0.15) is 0 Å². The molecule has 2 rings (SSSR count). The predicted molar refractivity (Wildman–Crippen MR) is 83.1 cm³/mol. The summed E-state index contributed by atoms with van der Waals surface area (Å²) in [5.41, 5.74) is 7.29. The monoisotopic (exact) mass is 312 g/mol. The highest BCUT2D eigenvalue weighted by molar-refractivity contribution is 7.88. The normalized spacial score (nSPS) is 15.6. The number of nitrogens with zero attached hydrogens (tertiary/aromatic N) is 1. The van der Waals surface area contributed by atoms with Gasteiger partial charge in [-0.15, -0.1) is 0 Å². The Morgan fingerprint density at radius 2 is 1.95 bits per heavy atom. The van der Waals surface area contributed by atoms with Crippen molar-refractivity contribution in [3.05, 3.63) is 35.4 Å². The van der Waals surface area contributed by atoms with E-state index in [0.717, 1.165) is 17.7 Å². The molecular formula is C15H24N2O3S. The van der Waals surface area contributed by atoms with E-state index in [1.165, 1.54) is 17.1 Å². The average Bonchev–Trinajstić information content (AvgIpc) is 3.27. The molecule has 0 saturated heterocycles. The van der Waals surface area contributed by atoms with Crippen molar-refractivity contribution in [3.63, 3.8) is 0 Å². The Morgan fingerprint density at radius 1 is 1.29 bits per heavy atom. The van der Waals surface area contributed by atoms with E-state index in [2.05, 4.69) is 0 Å². The molecule has 0 atom stereocenters. The highest BCUT2D eigenvalue weighted by Crippen LogP contribution is 2.28. The molecule has 0 spiro atoms. The molecule has 5 nitrogen and oxygen atoms in total. The molecule has 1 aromatic carbocycles. The second-order valence-electron chi connectivity index (χ2n) is 5.57. The van der Waals surface area contributed by atoms with Crippen molar-refractivity contribution in [1.29, 1.82) is 0 Å². The number of likely N-dealkylation sites (N-methyl/N-ethyl adjacent to an activating group) is 1. The Morgan fingerprint density at radius 3 is 2.57 bits per heavy atom. The maximum atomic E-state index is 12.3. The van der Waals surface area contributed by atoms with Crippen molar-refractivity contribution in [2.45, 2.75) is 25.1 Å². The van der Waals surface area contributed by atoms with Gasteiger partial charge >= 0.3 is 0 Å². The fraction of sp³-hybridized carbons (Fsp3) is 0.600. The first-order valence-corrected chi connectivity index (χ1v) is 8.92. The lowest BCUT2D eigenvalue weighted by atomic mass is 10.1. The lowest BCUT2D eigenvalue weighted by Crippen LogP contribution is -2.31. The Labute approximate surface area is 127 Å². The summed E-state index contributed by atoms with van der Waals surface area (Å²) in [7, 11) is -1.74. The second-order valence-corrected chi connectivity index (χ2v) is 7.64. The summed E-state index contributed by atoms with van der Waals surface area (Å²) in [6.45, 7) is 1.94. The highest BCUT2D eigenvalue weighted by Gasteiger charge is 2.22. The third-order valence-corrected chi connectivity index (χ3v) is 5.56. The molecule has 1 aliphatic rings. The van der Waals surface area contributed by atoms with Gasteiger partial charge in [-0.1, -0.05) is 24.3 Å². The first-order valence-electron chi connectivity index (χ1n) is 7.31. The Bertz CT molecular complexity index is 556. The SMILES string of the molecule is CN(CCOCC1CC1)S(=O)(=O)Cc1ccccc1CN. The number of ether oxygens (including phenoxy) is 1. The van der Waals surface area contributed by atoms with E-state index in [4.69, 9.17) is 10.5 Å². The zero-order valence-corrected chi connectivity index (χ0v) is 13.3. The molecule has 0 bridgehead atoms. The van der Waals surface area contributed by atoms with Crippen LogP contribution in [0.15, 0.2) is 24.3 Å². The molecule has 0 radical (unpaired) electrons. The lowest BCUT2D eigenvalue weighted by Gasteiger charge is -2.18. The van der Waals surface area contributed by atoms with Crippen molar-refractivity contribution in [2.24, 2.45) is 11.7 Å². The van der Waals surface area contributed by atoms with Crippen LogP contribution in [-0.2, 0) is 27.1 Å². The van der Waals surface area contributed by atoms with Gasteiger partial charge in [0.2, 0.25) is 10.0 Å². The average molecular weight is 312 g/mol. The molecule has 6 heteroatoms. The molecule has 21 heavy (non-hydrogen) atoms. The number of hydrogen-bond donors (Lipinski definition) is 1. The molecule has 0 amide bonds. The lowest BCUT2D eigenvalue weighted by molar-refractivity contribution is 0.117. The van der Waals surface area contributed by atoms with Crippen LogP contribution in [0.1, 0.15) is 24.0 Å². The smallest absolute Gasteiger partial charge is 0.218 e. The van der Waals surface area contributed by atoms with Crippen LogP contribution in [0.5, 0.6) is 0 Å². The molecule has 0 aliphatic heterocycles. The molecular weight excluding hydrogens is 288 g/mol. The number of benzene rings is 1. The number of rotatable bonds is 9. The predicted octanol–water partition coefficient (Wildman–Crippen LogP) is 1.33. The zero-order chi connectivity index (χ0) is 15.3. The fourth-order valence-corrected chi connectivity index (χ4v) is 3.32. The van der Waals surface area contributed by atoms with Gasteiger partial charge in [0.15, 0.2) is 0 Å². The van der Waals surface area contributed by atoms with Gasteiger partial charge in [-0.3, -0.25) is 0 Å². The topological polar surface area (TPSA) is 72.6 Å². The van der Waals surface area contributed by atoms with E-state index in [9.17, 15) is 8.42 Å². The van der Waals surface area contributed by atoms with Crippen LogP contribution in [0.25, 0.3) is 0 Å². The largest absolute Gasteiger partial charge is 0.380 e. The van der Waals surface area contributed by atoms with E-state index in [1.54, 1.807) is 7.05 Å². The van der Waals surface area contributed by atoms with Crippen LogP contribution >= 0.6 is 0 Å². The minimum atomic E-state index is -3.33. The van der Waals surface area contributed by atoms with Gasteiger partial charge in [0.05, 0.1) is 12.4 Å². The maximum Gasteiger partial charge on any atom is 0.218 e. The minimum absolute atomic E-state index is 0.0144. The van der Waals surface area contributed by atoms with Crippen molar-refractivity contribution < 1.29 is 13.2 Å². The van der Waals surface area contributed by atoms with Crippen LogP contribution in [-0.4, -0.2) is 39.5 Å². The standard InChI is InChI=1S/C15H24N2O3S/c1-17(8-9-20-11-13-6-7-13)21(18,19)12-15-5-3-2-4-14(15)10-16/h2-5,13H,6-12,16H2,1H3. The van der Waals surface area contributed by atoms with Crippen LogP contribution in [0.2, 0.25) is 0 Å². The molecule has 0 heterocycles. The summed E-state index contributed by atoms with van der Waals surface area (Å²) in [5, 5.41) is 0. The molecule has 2 N–H and O–H groups in total. The summed E-state index contributed by atoms with van der Waals surface area (Å²) >= 11 is 0. The van der Waals surface area contributed by atoms with Crippen molar-refractivity contribution in [3.8, 4) is 0 Å².